The molecule has 3 unspecified atom stereocenters. The van der Waals surface area contributed by atoms with E-state index in [2.05, 4.69) is 42.8 Å². The van der Waals surface area contributed by atoms with Crippen LogP contribution in [0.5, 0.6) is 0 Å². The van der Waals surface area contributed by atoms with Crippen molar-refractivity contribution >= 4 is 23.2 Å². The minimum Gasteiger partial charge on any atom is -0.385 e. The molecule has 0 aromatic heterocycles. The van der Waals surface area contributed by atoms with Crippen LogP contribution < -0.4 is 10.8 Å². The van der Waals surface area contributed by atoms with E-state index in [0.717, 1.165) is 29.7 Å². The molecule has 0 heterocycles. The zero-order chi connectivity index (χ0) is 28.3. The Morgan fingerprint density at radius 2 is 1.64 bits per heavy atom. The van der Waals surface area contributed by atoms with Crippen LogP contribution in [0.2, 0.25) is 10.0 Å². The molecule has 3 N–H and O–H groups in total. The molecule has 3 atom stereocenters. The Kier molecular flexibility index (Phi) is 12.7. The smallest absolute Gasteiger partial charge is 0.0906 e. The van der Waals surface area contributed by atoms with Crippen LogP contribution in [0, 0.1) is 13.8 Å². The average molecular weight is 574 g/mol. The molecule has 212 valence electrons. The van der Waals surface area contributed by atoms with Gasteiger partial charge >= 0.3 is 0 Å². The average Bonchev–Trinajstić information content (AvgIpc) is 2.92. The van der Waals surface area contributed by atoms with Crippen molar-refractivity contribution in [3.05, 3.63) is 105 Å². The van der Waals surface area contributed by atoms with Gasteiger partial charge in [0.25, 0.3) is 0 Å². The van der Waals surface area contributed by atoms with E-state index in [1.807, 2.05) is 55.5 Å². The monoisotopic (exact) mass is 572 g/mol. The lowest BCUT2D eigenvalue weighted by molar-refractivity contribution is 0.00303. The Morgan fingerprint density at radius 3 is 2.28 bits per heavy atom. The van der Waals surface area contributed by atoms with Crippen LogP contribution >= 0.6 is 23.2 Å². The summed E-state index contributed by atoms with van der Waals surface area (Å²) in [4.78, 5) is 5.39. The van der Waals surface area contributed by atoms with Gasteiger partial charge in [-0.1, -0.05) is 95.8 Å². The molecule has 0 aliphatic heterocycles. The van der Waals surface area contributed by atoms with Gasteiger partial charge in [0.2, 0.25) is 0 Å². The fourth-order valence-corrected chi connectivity index (χ4v) is 5.44. The largest absolute Gasteiger partial charge is 0.385 e. The van der Waals surface area contributed by atoms with Gasteiger partial charge in [-0.3, -0.25) is 0 Å². The highest BCUT2D eigenvalue weighted by Crippen LogP contribution is 2.31. The van der Waals surface area contributed by atoms with Crippen LogP contribution in [-0.4, -0.2) is 38.0 Å². The molecule has 0 saturated carbocycles. The van der Waals surface area contributed by atoms with Crippen molar-refractivity contribution in [3.63, 3.8) is 0 Å². The molecule has 0 radical (unpaired) electrons. The van der Waals surface area contributed by atoms with Gasteiger partial charge in [-0.05, 0) is 75.0 Å². The fraction of sp³-hybridized carbons (Fsp3) is 0.438. The molecule has 0 saturated heterocycles. The summed E-state index contributed by atoms with van der Waals surface area (Å²) < 4.78 is 6.18. The van der Waals surface area contributed by atoms with Crippen LogP contribution in [0.15, 0.2) is 66.7 Å². The summed E-state index contributed by atoms with van der Waals surface area (Å²) in [7, 11) is 1.62. The Bertz CT molecular complexity index is 1140. The Labute approximate surface area is 243 Å². The van der Waals surface area contributed by atoms with Gasteiger partial charge in [0.15, 0.2) is 0 Å². The predicted octanol–water partition coefficient (Wildman–Crippen LogP) is 7.10. The number of hydroxylamine groups is 1. The number of benzene rings is 3. The second-order valence-corrected chi connectivity index (χ2v) is 11.1. The molecule has 0 aliphatic carbocycles. The van der Waals surface area contributed by atoms with E-state index in [9.17, 15) is 5.11 Å². The molecule has 3 aromatic carbocycles. The highest BCUT2D eigenvalue weighted by molar-refractivity contribution is 6.42. The third-order valence-electron chi connectivity index (χ3n) is 7.22. The minimum absolute atomic E-state index is 0.0469. The predicted molar refractivity (Wildman–Crippen MR) is 161 cm³/mol. The second-order valence-electron chi connectivity index (χ2n) is 10.3. The number of ether oxygens (including phenoxy) is 1. The van der Waals surface area contributed by atoms with Crippen molar-refractivity contribution in [3.8, 4) is 0 Å². The zero-order valence-corrected chi connectivity index (χ0v) is 25.0. The van der Waals surface area contributed by atoms with Crippen LogP contribution in [0.4, 0.5) is 0 Å². The zero-order valence-electron chi connectivity index (χ0n) is 23.5. The van der Waals surface area contributed by atoms with Gasteiger partial charge in [0.05, 0.1) is 42.0 Å². The molecular formula is C32H42Cl2N2O3. The third-order valence-corrected chi connectivity index (χ3v) is 7.96. The van der Waals surface area contributed by atoms with Crippen LogP contribution in [0.25, 0.3) is 0 Å². The second kappa shape index (κ2) is 15.7. The Hall–Kier alpha value is -1.96. The van der Waals surface area contributed by atoms with E-state index in [-0.39, 0.29) is 12.0 Å². The summed E-state index contributed by atoms with van der Waals surface area (Å²) in [6.45, 7) is 8.63. The highest BCUT2D eigenvalue weighted by atomic mass is 35.5. The van der Waals surface area contributed by atoms with Crippen molar-refractivity contribution in [2.45, 2.75) is 64.2 Å². The SMILES string of the molecule is CCC(O)(CCNCCC(c1ccc(Cl)c(Cl)c1)C(COCc1cc(C)cc(C)c1)NOC)c1ccccc1. The maximum Gasteiger partial charge on any atom is 0.0906 e. The minimum atomic E-state index is -0.848. The molecular weight excluding hydrogens is 531 g/mol. The summed E-state index contributed by atoms with van der Waals surface area (Å²) in [5, 5.41) is 15.8. The number of halogens is 2. The van der Waals surface area contributed by atoms with E-state index >= 15 is 0 Å². The van der Waals surface area contributed by atoms with Crippen LogP contribution in [0.3, 0.4) is 0 Å². The number of hydrogen-bond donors (Lipinski definition) is 3. The summed E-state index contributed by atoms with van der Waals surface area (Å²) in [5.41, 5.74) is 7.92. The first kappa shape index (κ1) is 31.6. The Morgan fingerprint density at radius 1 is 0.923 bits per heavy atom. The Balaban J connectivity index is 1.65. The lowest BCUT2D eigenvalue weighted by atomic mass is 9.87. The lowest BCUT2D eigenvalue weighted by Gasteiger charge is -2.29. The van der Waals surface area contributed by atoms with Crippen molar-refractivity contribution in [1.82, 2.24) is 10.8 Å². The third kappa shape index (κ3) is 9.58. The summed E-state index contributed by atoms with van der Waals surface area (Å²) >= 11 is 12.6. The molecule has 0 amide bonds. The van der Waals surface area contributed by atoms with Gasteiger partial charge in [0.1, 0.15) is 0 Å². The van der Waals surface area contributed by atoms with E-state index < -0.39 is 5.60 Å². The lowest BCUT2D eigenvalue weighted by Crippen LogP contribution is -2.40. The topological polar surface area (TPSA) is 62.8 Å². The van der Waals surface area contributed by atoms with E-state index in [1.165, 1.54) is 11.1 Å². The van der Waals surface area contributed by atoms with Crippen LogP contribution in [-0.2, 0) is 21.8 Å². The first-order chi connectivity index (χ1) is 18.8. The summed E-state index contributed by atoms with van der Waals surface area (Å²) in [6, 6.07) is 22.0. The van der Waals surface area contributed by atoms with Crippen molar-refractivity contribution in [2.24, 2.45) is 0 Å². The van der Waals surface area contributed by atoms with E-state index in [1.54, 1.807) is 7.11 Å². The van der Waals surface area contributed by atoms with E-state index in [0.29, 0.717) is 42.6 Å². The number of rotatable bonds is 16. The molecule has 0 fully saturated rings. The number of nitrogens with one attached hydrogen (secondary N) is 2. The normalized spacial score (nSPS) is 14.6. The van der Waals surface area contributed by atoms with Crippen molar-refractivity contribution < 1.29 is 14.7 Å². The molecule has 0 bridgehead atoms. The van der Waals surface area contributed by atoms with Gasteiger partial charge in [-0.2, -0.15) is 5.48 Å². The number of hydrogen-bond acceptors (Lipinski definition) is 5. The van der Waals surface area contributed by atoms with E-state index in [4.69, 9.17) is 32.8 Å². The first-order valence-electron chi connectivity index (χ1n) is 13.6. The van der Waals surface area contributed by atoms with Crippen molar-refractivity contribution in [2.75, 3.05) is 26.8 Å². The van der Waals surface area contributed by atoms with Gasteiger partial charge < -0.3 is 20.0 Å². The fourth-order valence-electron chi connectivity index (χ4n) is 5.13. The number of aliphatic hydroxyl groups is 1. The molecule has 39 heavy (non-hydrogen) atoms. The van der Waals surface area contributed by atoms with Gasteiger partial charge in [0, 0.05) is 5.92 Å². The highest BCUT2D eigenvalue weighted by Gasteiger charge is 2.27. The van der Waals surface area contributed by atoms with Crippen LogP contribution in [0.1, 0.15) is 59.9 Å². The standard InChI is InChI=1S/C32H42Cl2N2O3/c1-5-32(37,27-9-7-6-8-10-27)14-16-35-15-13-28(26-11-12-29(33)30(34)20-26)31(36-38-4)22-39-21-25-18-23(2)17-24(3)19-25/h6-12,17-20,28,31,35-37H,5,13-16,21-22H2,1-4H3. The molecule has 0 aliphatic rings. The maximum atomic E-state index is 11.2. The summed E-state index contributed by atoms with van der Waals surface area (Å²) in [6.07, 6.45) is 2.09. The van der Waals surface area contributed by atoms with Gasteiger partial charge in [-0.25, -0.2) is 0 Å². The van der Waals surface area contributed by atoms with Crippen molar-refractivity contribution in [1.29, 1.82) is 0 Å². The van der Waals surface area contributed by atoms with Gasteiger partial charge in [-0.15, -0.1) is 0 Å². The maximum absolute atomic E-state index is 11.2. The molecule has 0 spiro atoms. The molecule has 3 aromatic rings. The molecule has 3 rings (SSSR count). The quantitative estimate of drug-likeness (QED) is 0.126. The first-order valence-corrected chi connectivity index (χ1v) is 14.4. The molecule has 7 heteroatoms. The number of aryl methyl sites for hydroxylation is 2. The molecule has 5 nitrogen and oxygen atoms in total. The summed E-state index contributed by atoms with van der Waals surface area (Å²) in [5.74, 6) is 0.0469.